The highest BCUT2D eigenvalue weighted by molar-refractivity contribution is 5.31. The summed E-state index contributed by atoms with van der Waals surface area (Å²) in [5, 5.41) is 0. The van der Waals surface area contributed by atoms with E-state index in [2.05, 4.69) is 39.6 Å². The molecule has 5 heteroatoms. The van der Waals surface area contributed by atoms with Crippen LogP contribution in [0.2, 0.25) is 0 Å². The van der Waals surface area contributed by atoms with E-state index in [0.29, 0.717) is 0 Å². The first-order chi connectivity index (χ1) is 11.8. The Hall–Kier alpha value is -1.20. The number of hydrogen-bond acceptors (Lipinski definition) is 5. The van der Waals surface area contributed by atoms with E-state index in [1.807, 2.05) is 6.20 Å². The highest BCUT2D eigenvalue weighted by atomic mass is 15.3. The Morgan fingerprint density at radius 2 is 1.92 bits per heavy atom. The maximum Gasteiger partial charge on any atom is 0.225 e. The maximum absolute atomic E-state index is 4.83. The van der Waals surface area contributed by atoms with Crippen molar-refractivity contribution < 1.29 is 0 Å². The van der Waals surface area contributed by atoms with Crippen molar-refractivity contribution in [1.29, 1.82) is 0 Å². The van der Waals surface area contributed by atoms with Crippen molar-refractivity contribution in [2.24, 2.45) is 5.92 Å². The van der Waals surface area contributed by atoms with Gasteiger partial charge in [-0.05, 0) is 57.3 Å². The van der Waals surface area contributed by atoms with Gasteiger partial charge in [-0.25, -0.2) is 9.97 Å². The van der Waals surface area contributed by atoms with E-state index in [4.69, 9.17) is 4.98 Å². The van der Waals surface area contributed by atoms with Crippen molar-refractivity contribution in [2.75, 3.05) is 50.7 Å². The number of piperidine rings is 1. The van der Waals surface area contributed by atoms with E-state index < -0.39 is 0 Å². The van der Waals surface area contributed by atoms with Gasteiger partial charge < -0.3 is 9.80 Å². The Kier molecular flexibility index (Phi) is 6.44. The lowest BCUT2D eigenvalue weighted by Gasteiger charge is -2.35. The van der Waals surface area contributed by atoms with E-state index in [9.17, 15) is 0 Å². The van der Waals surface area contributed by atoms with Gasteiger partial charge in [0.1, 0.15) is 0 Å². The Morgan fingerprint density at radius 3 is 2.67 bits per heavy atom. The molecule has 3 rings (SSSR count). The lowest BCUT2D eigenvalue weighted by Crippen LogP contribution is -2.40. The third kappa shape index (κ3) is 4.67. The second kappa shape index (κ2) is 8.77. The molecule has 2 saturated heterocycles. The molecular formula is C19H33N5. The number of aromatic nitrogens is 2. The quantitative estimate of drug-likeness (QED) is 0.767. The fraction of sp³-hybridized carbons (Fsp3) is 0.789. The minimum absolute atomic E-state index is 0.804. The predicted octanol–water partition coefficient (Wildman–Crippen LogP) is 2.63. The SMILES string of the molecule is CCN(CC)C[C@@H]1CCCN(Cc2ccnc(N3CCCC3)n2)C1. The summed E-state index contributed by atoms with van der Waals surface area (Å²) in [7, 11) is 0. The van der Waals surface area contributed by atoms with Crippen LogP contribution in [0.15, 0.2) is 12.3 Å². The topological polar surface area (TPSA) is 35.5 Å². The van der Waals surface area contributed by atoms with Crippen molar-refractivity contribution in [1.82, 2.24) is 19.8 Å². The van der Waals surface area contributed by atoms with Crippen LogP contribution in [0.3, 0.4) is 0 Å². The summed E-state index contributed by atoms with van der Waals surface area (Å²) in [6.45, 7) is 13.7. The fourth-order valence-electron chi connectivity index (χ4n) is 4.06. The van der Waals surface area contributed by atoms with Crippen molar-refractivity contribution in [3.8, 4) is 0 Å². The fourth-order valence-corrected chi connectivity index (χ4v) is 4.06. The highest BCUT2D eigenvalue weighted by Gasteiger charge is 2.22. The summed E-state index contributed by atoms with van der Waals surface area (Å²) >= 11 is 0. The van der Waals surface area contributed by atoms with Gasteiger partial charge in [0, 0.05) is 38.9 Å². The van der Waals surface area contributed by atoms with Crippen LogP contribution in [0.25, 0.3) is 0 Å². The molecule has 0 aromatic carbocycles. The molecule has 0 bridgehead atoms. The maximum atomic E-state index is 4.83. The Bertz CT molecular complexity index is 496. The Balaban J connectivity index is 1.56. The Morgan fingerprint density at radius 1 is 1.12 bits per heavy atom. The zero-order valence-corrected chi connectivity index (χ0v) is 15.5. The normalized spacial score (nSPS) is 22.5. The van der Waals surface area contributed by atoms with Gasteiger partial charge in [0.05, 0.1) is 5.69 Å². The van der Waals surface area contributed by atoms with Gasteiger partial charge in [-0.2, -0.15) is 0 Å². The third-order valence-corrected chi connectivity index (χ3v) is 5.49. The zero-order valence-electron chi connectivity index (χ0n) is 15.5. The summed E-state index contributed by atoms with van der Waals surface area (Å²) in [6.07, 6.45) is 7.17. The molecule has 1 aromatic heterocycles. The van der Waals surface area contributed by atoms with Crippen LogP contribution < -0.4 is 4.90 Å². The summed E-state index contributed by atoms with van der Waals surface area (Å²) in [5.74, 6) is 1.74. The molecule has 2 aliphatic heterocycles. The van der Waals surface area contributed by atoms with E-state index in [0.717, 1.165) is 44.6 Å². The molecule has 24 heavy (non-hydrogen) atoms. The molecule has 5 nitrogen and oxygen atoms in total. The molecule has 0 N–H and O–H groups in total. The smallest absolute Gasteiger partial charge is 0.225 e. The van der Waals surface area contributed by atoms with Crippen LogP contribution in [-0.4, -0.2) is 65.6 Å². The molecule has 3 heterocycles. The van der Waals surface area contributed by atoms with Crippen LogP contribution in [0.5, 0.6) is 0 Å². The number of nitrogens with zero attached hydrogens (tertiary/aromatic N) is 5. The first-order valence-electron chi connectivity index (χ1n) is 9.80. The minimum atomic E-state index is 0.804. The van der Waals surface area contributed by atoms with E-state index >= 15 is 0 Å². The Labute approximate surface area is 147 Å². The lowest BCUT2D eigenvalue weighted by atomic mass is 9.97. The van der Waals surface area contributed by atoms with Gasteiger partial charge in [0.15, 0.2) is 0 Å². The summed E-state index contributed by atoms with van der Waals surface area (Å²) in [4.78, 5) is 16.8. The van der Waals surface area contributed by atoms with Crippen LogP contribution in [0.1, 0.15) is 45.2 Å². The number of anilines is 1. The second-order valence-electron chi connectivity index (χ2n) is 7.27. The molecule has 0 aliphatic carbocycles. The van der Waals surface area contributed by atoms with E-state index in [-0.39, 0.29) is 0 Å². The second-order valence-corrected chi connectivity index (χ2v) is 7.27. The standard InChI is InChI=1S/C19H33N5/c1-3-22(4-2)14-17-8-7-11-23(15-17)16-18-9-10-20-19(21-18)24-12-5-6-13-24/h9-10,17H,3-8,11-16H2,1-2H3/t17-/m0/s1. The van der Waals surface area contributed by atoms with Gasteiger partial charge in [-0.3, -0.25) is 4.90 Å². The van der Waals surface area contributed by atoms with Crippen LogP contribution >= 0.6 is 0 Å². The first kappa shape index (κ1) is 17.6. The summed E-state index contributed by atoms with van der Waals surface area (Å²) < 4.78 is 0. The monoisotopic (exact) mass is 331 g/mol. The van der Waals surface area contributed by atoms with Crippen LogP contribution in [0, 0.1) is 5.92 Å². The minimum Gasteiger partial charge on any atom is -0.341 e. The molecule has 0 saturated carbocycles. The highest BCUT2D eigenvalue weighted by Crippen LogP contribution is 2.20. The molecule has 1 aromatic rings. The van der Waals surface area contributed by atoms with Gasteiger partial charge in [0.25, 0.3) is 0 Å². The van der Waals surface area contributed by atoms with Crippen LogP contribution in [-0.2, 0) is 6.54 Å². The molecular weight excluding hydrogens is 298 g/mol. The van der Waals surface area contributed by atoms with Crippen LogP contribution in [0.4, 0.5) is 5.95 Å². The number of likely N-dealkylation sites (tertiary alicyclic amines) is 1. The molecule has 0 radical (unpaired) electrons. The molecule has 0 amide bonds. The average Bonchev–Trinajstić information content (AvgIpc) is 3.15. The first-order valence-corrected chi connectivity index (χ1v) is 9.80. The number of rotatable bonds is 7. The van der Waals surface area contributed by atoms with Crippen molar-refractivity contribution in [2.45, 2.75) is 46.1 Å². The molecule has 0 spiro atoms. The molecule has 2 fully saturated rings. The lowest BCUT2D eigenvalue weighted by molar-refractivity contribution is 0.131. The van der Waals surface area contributed by atoms with Gasteiger partial charge in [0.2, 0.25) is 5.95 Å². The third-order valence-electron chi connectivity index (χ3n) is 5.49. The number of hydrogen-bond donors (Lipinski definition) is 0. The van der Waals surface area contributed by atoms with E-state index in [1.165, 1.54) is 51.0 Å². The van der Waals surface area contributed by atoms with Gasteiger partial charge in [-0.1, -0.05) is 13.8 Å². The van der Waals surface area contributed by atoms with Gasteiger partial charge >= 0.3 is 0 Å². The molecule has 0 unspecified atom stereocenters. The average molecular weight is 332 g/mol. The summed E-state index contributed by atoms with van der Waals surface area (Å²) in [5.41, 5.74) is 1.18. The zero-order chi connectivity index (χ0) is 16.8. The molecule has 2 aliphatic rings. The summed E-state index contributed by atoms with van der Waals surface area (Å²) in [6, 6.07) is 2.09. The van der Waals surface area contributed by atoms with Gasteiger partial charge in [-0.15, -0.1) is 0 Å². The molecule has 1 atom stereocenters. The largest absolute Gasteiger partial charge is 0.341 e. The van der Waals surface area contributed by atoms with Crippen molar-refractivity contribution >= 4 is 5.95 Å². The molecule has 134 valence electrons. The predicted molar refractivity (Wildman–Crippen MR) is 99.3 cm³/mol. The van der Waals surface area contributed by atoms with E-state index in [1.54, 1.807) is 0 Å². The van der Waals surface area contributed by atoms with Crippen molar-refractivity contribution in [3.05, 3.63) is 18.0 Å². The van der Waals surface area contributed by atoms with Crippen molar-refractivity contribution in [3.63, 3.8) is 0 Å².